The SMILES string of the molecule is C/C=C\C(=C/I)c1cncc2[nH]c(-c3n[nH]c4ncc(-c5cncc(CNCC)c5)cc34)nc12. The highest BCUT2D eigenvalue weighted by molar-refractivity contribution is 14.1. The molecule has 0 atom stereocenters. The topological polar surface area (TPSA) is 108 Å². The Balaban J connectivity index is 1.59. The lowest BCUT2D eigenvalue weighted by Crippen LogP contribution is -2.11. The molecule has 5 aromatic rings. The van der Waals surface area contributed by atoms with E-state index in [1.807, 2.05) is 41.9 Å². The van der Waals surface area contributed by atoms with Crippen molar-refractivity contribution in [2.75, 3.05) is 6.54 Å². The maximum absolute atomic E-state index is 4.90. The number of rotatable bonds is 7. The first-order valence-electron chi connectivity index (χ1n) is 11.0. The van der Waals surface area contributed by atoms with Crippen LogP contribution >= 0.6 is 22.6 Å². The largest absolute Gasteiger partial charge is 0.335 e. The van der Waals surface area contributed by atoms with Crippen LogP contribution < -0.4 is 5.32 Å². The van der Waals surface area contributed by atoms with Crippen LogP contribution in [0.2, 0.25) is 0 Å². The summed E-state index contributed by atoms with van der Waals surface area (Å²) in [5, 5.41) is 11.8. The highest BCUT2D eigenvalue weighted by Crippen LogP contribution is 2.31. The van der Waals surface area contributed by atoms with Gasteiger partial charge < -0.3 is 10.3 Å². The van der Waals surface area contributed by atoms with Crippen LogP contribution in [-0.2, 0) is 6.54 Å². The molecule has 5 heterocycles. The Hall–Kier alpha value is -3.44. The molecule has 0 saturated heterocycles. The number of aromatic amines is 2. The van der Waals surface area contributed by atoms with E-state index in [-0.39, 0.29) is 0 Å². The molecule has 5 rings (SSSR count). The van der Waals surface area contributed by atoms with E-state index >= 15 is 0 Å². The predicted octanol–water partition coefficient (Wildman–Crippen LogP) is 5.42. The van der Waals surface area contributed by atoms with Crippen molar-refractivity contribution in [3.63, 3.8) is 0 Å². The van der Waals surface area contributed by atoms with Crippen LogP contribution in [0.15, 0.2) is 59.4 Å². The molecule has 0 fully saturated rings. The third kappa shape index (κ3) is 4.24. The van der Waals surface area contributed by atoms with Crippen LogP contribution in [-0.4, -0.2) is 41.7 Å². The smallest absolute Gasteiger partial charge is 0.159 e. The quantitative estimate of drug-likeness (QED) is 0.181. The first kappa shape index (κ1) is 22.4. The molecule has 0 amide bonds. The maximum atomic E-state index is 4.90. The van der Waals surface area contributed by atoms with Gasteiger partial charge in [0.1, 0.15) is 11.2 Å². The van der Waals surface area contributed by atoms with Crippen molar-refractivity contribution in [3.8, 4) is 22.6 Å². The van der Waals surface area contributed by atoms with Crippen molar-refractivity contribution < 1.29 is 0 Å². The molecule has 0 saturated carbocycles. The molecular weight excluding hydrogens is 539 g/mol. The Kier molecular flexibility index (Phi) is 6.45. The van der Waals surface area contributed by atoms with E-state index in [0.717, 1.165) is 57.3 Å². The average molecular weight is 562 g/mol. The summed E-state index contributed by atoms with van der Waals surface area (Å²) in [5.74, 6) is 0.668. The molecule has 0 aliphatic carbocycles. The van der Waals surface area contributed by atoms with E-state index in [1.165, 1.54) is 0 Å². The third-order valence-corrected chi connectivity index (χ3v) is 6.19. The lowest BCUT2D eigenvalue weighted by molar-refractivity contribution is 0.724. The van der Waals surface area contributed by atoms with Crippen molar-refractivity contribution in [2.45, 2.75) is 20.4 Å². The Labute approximate surface area is 210 Å². The molecule has 34 heavy (non-hydrogen) atoms. The van der Waals surface area contributed by atoms with E-state index in [4.69, 9.17) is 4.98 Å². The Morgan fingerprint density at radius 3 is 2.76 bits per heavy atom. The Bertz CT molecular complexity index is 1530. The lowest BCUT2D eigenvalue weighted by Gasteiger charge is -2.05. The van der Waals surface area contributed by atoms with Crippen LogP contribution in [0.1, 0.15) is 25.0 Å². The maximum Gasteiger partial charge on any atom is 0.159 e. The lowest BCUT2D eigenvalue weighted by atomic mass is 10.1. The van der Waals surface area contributed by atoms with Crippen molar-refractivity contribution >= 4 is 50.2 Å². The number of halogens is 1. The second kappa shape index (κ2) is 9.82. The molecule has 8 nitrogen and oxygen atoms in total. The Morgan fingerprint density at radius 2 is 1.94 bits per heavy atom. The summed E-state index contributed by atoms with van der Waals surface area (Å²) in [7, 11) is 0. The molecule has 3 N–H and O–H groups in total. The zero-order valence-electron chi connectivity index (χ0n) is 18.8. The standard InChI is InChI=1S/C25H23IN8/c1-3-5-16(8-26)20-13-29-14-21-22(20)32-25(31-21)23-19-7-18(12-30-24(19)34-33-23)17-6-15(9-27-4-2)10-28-11-17/h3,5-8,10-14,27H,4,9H2,1-2H3,(H,31,32)(H,30,33,34)/b5-3-,16-8+. The zero-order chi connectivity index (χ0) is 23.5. The minimum absolute atomic E-state index is 0.668. The van der Waals surface area contributed by atoms with Crippen LogP contribution in [0.4, 0.5) is 0 Å². The fraction of sp³-hybridized carbons (Fsp3) is 0.160. The monoisotopic (exact) mass is 562 g/mol. The van der Waals surface area contributed by atoms with E-state index in [0.29, 0.717) is 17.2 Å². The first-order chi connectivity index (χ1) is 16.7. The summed E-state index contributed by atoms with van der Waals surface area (Å²) in [6.07, 6.45) is 13.3. The van der Waals surface area contributed by atoms with Gasteiger partial charge >= 0.3 is 0 Å². The molecule has 0 aromatic carbocycles. The van der Waals surface area contributed by atoms with E-state index in [1.54, 1.807) is 6.20 Å². The number of hydrogen-bond donors (Lipinski definition) is 3. The Morgan fingerprint density at radius 1 is 1.09 bits per heavy atom. The summed E-state index contributed by atoms with van der Waals surface area (Å²) >= 11 is 2.24. The summed E-state index contributed by atoms with van der Waals surface area (Å²) in [4.78, 5) is 21.7. The van der Waals surface area contributed by atoms with Crippen LogP contribution in [0.5, 0.6) is 0 Å². The molecule has 0 spiro atoms. The zero-order valence-corrected chi connectivity index (χ0v) is 21.0. The van der Waals surface area contributed by atoms with Crippen molar-refractivity contribution in [3.05, 3.63) is 70.5 Å². The second-order valence-corrected chi connectivity index (χ2v) is 8.41. The number of hydrogen-bond acceptors (Lipinski definition) is 6. The molecule has 5 aromatic heterocycles. The number of aromatic nitrogens is 7. The van der Waals surface area contributed by atoms with Crippen molar-refractivity contribution in [1.82, 2.24) is 40.4 Å². The predicted molar refractivity (Wildman–Crippen MR) is 144 cm³/mol. The van der Waals surface area contributed by atoms with Gasteiger partial charge in [0.15, 0.2) is 11.5 Å². The molecule has 0 radical (unpaired) electrons. The molecule has 0 aliphatic rings. The van der Waals surface area contributed by atoms with Gasteiger partial charge in [-0.3, -0.25) is 15.1 Å². The van der Waals surface area contributed by atoms with Gasteiger partial charge in [-0.05, 0) is 40.8 Å². The molecular formula is C25H23IN8. The molecule has 170 valence electrons. The average Bonchev–Trinajstić information content (AvgIpc) is 3.49. The van der Waals surface area contributed by atoms with Gasteiger partial charge in [-0.25, -0.2) is 9.97 Å². The summed E-state index contributed by atoms with van der Waals surface area (Å²) < 4.78 is 2.03. The summed E-state index contributed by atoms with van der Waals surface area (Å²) in [5.41, 5.74) is 8.27. The second-order valence-electron chi connectivity index (χ2n) is 7.79. The minimum atomic E-state index is 0.668. The number of fused-ring (bicyclic) bond motifs is 2. The van der Waals surface area contributed by atoms with Gasteiger partial charge in [0, 0.05) is 48.0 Å². The third-order valence-electron chi connectivity index (χ3n) is 5.52. The molecule has 9 heteroatoms. The van der Waals surface area contributed by atoms with Gasteiger partial charge in [0.05, 0.1) is 17.1 Å². The molecule has 0 unspecified atom stereocenters. The highest BCUT2D eigenvalue weighted by Gasteiger charge is 2.17. The normalized spacial score (nSPS) is 12.4. The summed E-state index contributed by atoms with van der Waals surface area (Å²) in [6.45, 7) is 5.77. The van der Waals surface area contributed by atoms with Crippen molar-refractivity contribution in [2.24, 2.45) is 0 Å². The summed E-state index contributed by atoms with van der Waals surface area (Å²) in [6, 6.07) is 4.22. The van der Waals surface area contributed by atoms with E-state index in [9.17, 15) is 0 Å². The number of allylic oxidation sites excluding steroid dienone is 3. The van der Waals surface area contributed by atoms with Crippen molar-refractivity contribution in [1.29, 1.82) is 0 Å². The molecule has 0 bridgehead atoms. The van der Waals surface area contributed by atoms with Crippen LogP contribution in [0, 0.1) is 0 Å². The number of pyridine rings is 3. The minimum Gasteiger partial charge on any atom is -0.335 e. The fourth-order valence-corrected chi connectivity index (χ4v) is 4.42. The van der Waals surface area contributed by atoms with Crippen LogP contribution in [0.3, 0.4) is 0 Å². The fourth-order valence-electron chi connectivity index (χ4n) is 3.87. The van der Waals surface area contributed by atoms with E-state index in [2.05, 4.69) is 83.2 Å². The van der Waals surface area contributed by atoms with Gasteiger partial charge in [-0.15, -0.1) is 0 Å². The number of nitrogens with one attached hydrogen (secondary N) is 3. The van der Waals surface area contributed by atoms with Gasteiger partial charge in [-0.1, -0.05) is 41.7 Å². The van der Waals surface area contributed by atoms with Gasteiger partial charge in [0.2, 0.25) is 0 Å². The number of nitrogens with zero attached hydrogens (tertiary/aromatic N) is 5. The number of H-pyrrole nitrogens is 2. The van der Waals surface area contributed by atoms with E-state index < -0.39 is 0 Å². The van der Waals surface area contributed by atoms with Gasteiger partial charge in [0.25, 0.3) is 0 Å². The number of imidazole rings is 1. The molecule has 0 aliphatic heterocycles. The highest BCUT2D eigenvalue weighted by atomic mass is 127. The first-order valence-corrected chi connectivity index (χ1v) is 12.2. The van der Waals surface area contributed by atoms with Gasteiger partial charge in [-0.2, -0.15) is 5.10 Å². The van der Waals surface area contributed by atoms with Crippen LogP contribution in [0.25, 0.3) is 50.3 Å².